The van der Waals surface area contributed by atoms with E-state index in [1.807, 2.05) is 18.2 Å². The number of carbonyl (C=O) groups is 2. The lowest BCUT2D eigenvalue weighted by atomic mass is 9.98. The minimum absolute atomic E-state index is 0.0203. The zero-order valence-electron chi connectivity index (χ0n) is 25.8. The Hall–Kier alpha value is -3.55. The highest BCUT2D eigenvalue weighted by Crippen LogP contribution is 2.42. The van der Waals surface area contributed by atoms with Crippen LogP contribution < -0.4 is 15.4 Å². The Bertz CT molecular complexity index is 1370. The number of allylic oxidation sites excluding steroid dienone is 1. The highest BCUT2D eigenvalue weighted by Gasteiger charge is 2.35. The van der Waals surface area contributed by atoms with Crippen LogP contribution in [-0.4, -0.2) is 73.5 Å². The molecule has 1 heterocycles. The van der Waals surface area contributed by atoms with Gasteiger partial charge >= 0.3 is 6.18 Å². The van der Waals surface area contributed by atoms with Gasteiger partial charge in [0.1, 0.15) is 23.4 Å². The first-order chi connectivity index (χ1) is 21.8. The van der Waals surface area contributed by atoms with Crippen LogP contribution >= 0.6 is 0 Å². The molecule has 0 saturated carbocycles. The number of alkyl halides is 3. The number of nitrogens with one attached hydrogen (secondary N) is 2. The van der Waals surface area contributed by atoms with Crippen LogP contribution in [0.25, 0.3) is 0 Å². The summed E-state index contributed by atoms with van der Waals surface area (Å²) in [5, 5.41) is 17.5. The number of halogens is 5. The summed E-state index contributed by atoms with van der Waals surface area (Å²) in [6.45, 7) is 0.258. The maximum absolute atomic E-state index is 14.1. The number of rotatable bonds is 7. The molecule has 5 atom stereocenters. The van der Waals surface area contributed by atoms with Crippen molar-refractivity contribution < 1.29 is 46.1 Å². The van der Waals surface area contributed by atoms with Gasteiger partial charge in [-0.1, -0.05) is 18.2 Å². The van der Waals surface area contributed by atoms with E-state index in [1.54, 1.807) is 19.3 Å². The quantitative estimate of drug-likeness (QED) is 0.286. The molecule has 2 aromatic rings. The average molecular weight is 654 g/mol. The van der Waals surface area contributed by atoms with E-state index in [1.165, 1.54) is 7.05 Å². The molecule has 13 heteroatoms. The van der Waals surface area contributed by atoms with Crippen molar-refractivity contribution in [3.8, 4) is 5.75 Å². The molecule has 0 saturated heterocycles. The maximum atomic E-state index is 14.1. The van der Waals surface area contributed by atoms with Crippen LogP contribution in [0.15, 0.2) is 48.6 Å². The number of carbonyl (C=O) groups excluding carboxylic acids is 2. The molecule has 0 fully saturated rings. The van der Waals surface area contributed by atoms with Crippen molar-refractivity contribution in [1.29, 1.82) is 0 Å². The van der Waals surface area contributed by atoms with Crippen molar-refractivity contribution >= 4 is 11.8 Å². The Morgan fingerprint density at radius 2 is 1.85 bits per heavy atom. The van der Waals surface area contributed by atoms with E-state index in [0.717, 1.165) is 28.2 Å². The number of aliphatic hydroxyl groups is 1. The van der Waals surface area contributed by atoms with Crippen LogP contribution in [0, 0.1) is 11.6 Å². The molecule has 0 unspecified atom stereocenters. The number of methoxy groups -OCH3 is 1. The highest BCUT2D eigenvalue weighted by molar-refractivity contribution is 5.87. The summed E-state index contributed by atoms with van der Waals surface area (Å²) in [7, 11) is 2.91. The van der Waals surface area contributed by atoms with Crippen LogP contribution in [-0.2, 0) is 20.7 Å². The van der Waals surface area contributed by atoms with E-state index >= 15 is 0 Å². The molecular formula is C33H40F5N3O5. The largest absolute Gasteiger partial charge is 0.497 e. The molecule has 46 heavy (non-hydrogen) atoms. The minimum atomic E-state index is -4.41. The van der Waals surface area contributed by atoms with Crippen LogP contribution in [0.3, 0.4) is 0 Å². The molecule has 2 aliphatic rings. The summed E-state index contributed by atoms with van der Waals surface area (Å²) in [5.41, 5.74) is 2.09. The first-order valence-corrected chi connectivity index (χ1v) is 15.3. The van der Waals surface area contributed by atoms with Gasteiger partial charge in [0, 0.05) is 38.5 Å². The van der Waals surface area contributed by atoms with Crippen LogP contribution in [0.1, 0.15) is 67.4 Å². The highest BCUT2D eigenvalue weighted by atomic mass is 19.4. The summed E-state index contributed by atoms with van der Waals surface area (Å²) >= 11 is 0. The summed E-state index contributed by atoms with van der Waals surface area (Å²) in [6, 6.07) is 6.23. The van der Waals surface area contributed by atoms with Crippen molar-refractivity contribution in [3.05, 3.63) is 76.9 Å². The zero-order valence-corrected chi connectivity index (χ0v) is 25.8. The van der Waals surface area contributed by atoms with Gasteiger partial charge in [0.15, 0.2) is 0 Å². The Kier molecular flexibility index (Phi) is 12.2. The Morgan fingerprint density at radius 3 is 2.54 bits per heavy atom. The molecule has 0 radical (unpaired) electrons. The lowest BCUT2D eigenvalue weighted by Crippen LogP contribution is -2.55. The Balaban J connectivity index is 1.60. The third kappa shape index (κ3) is 9.73. The molecule has 1 aliphatic carbocycles. The summed E-state index contributed by atoms with van der Waals surface area (Å²) in [4.78, 5) is 27.7. The van der Waals surface area contributed by atoms with Gasteiger partial charge in [-0.2, -0.15) is 13.2 Å². The third-order valence-corrected chi connectivity index (χ3v) is 8.39. The van der Waals surface area contributed by atoms with Crippen LogP contribution in [0.2, 0.25) is 0 Å². The fraction of sp³-hybridized carbons (Fsp3) is 0.515. The number of aliphatic hydroxyl groups excluding tert-OH is 1. The fourth-order valence-electron chi connectivity index (χ4n) is 5.95. The number of nitrogens with zero attached hydrogens (tertiary/aromatic N) is 1. The Labute approximate surface area is 264 Å². The second-order valence-corrected chi connectivity index (χ2v) is 11.7. The van der Waals surface area contributed by atoms with Crippen molar-refractivity contribution in [2.75, 3.05) is 27.3 Å². The van der Waals surface area contributed by atoms with E-state index in [2.05, 4.69) is 10.6 Å². The van der Waals surface area contributed by atoms with E-state index in [9.17, 15) is 36.6 Å². The fourth-order valence-corrected chi connectivity index (χ4v) is 5.95. The standard InChI is InChI=1S/C33H40F5N3O5/c1-41(31(43)8-6-11-33(36,37)38)28-7-4-3-5-12-46-30-18-26(25-17-23(45-2)9-10-24(25)30)39-19-29(42)27(40-32(28)44)15-20-13-21(34)16-22(35)14-20/h3,5,9-10,13-14,16-17,26-30,39,42H,4,6-8,11-12,15,18-19H2,1-2H3,(H,40,44)/t26-,27-,28-,29+,30+/m0/s1. The second kappa shape index (κ2) is 15.8. The molecule has 2 bridgehead atoms. The second-order valence-electron chi connectivity index (χ2n) is 11.7. The molecule has 252 valence electrons. The molecule has 2 aromatic carbocycles. The first kappa shape index (κ1) is 35.3. The van der Waals surface area contributed by atoms with Gasteiger partial charge in [-0.15, -0.1) is 0 Å². The first-order valence-electron chi connectivity index (χ1n) is 15.3. The number of hydrogen-bond acceptors (Lipinski definition) is 6. The van der Waals surface area contributed by atoms with Crippen molar-refractivity contribution in [2.24, 2.45) is 0 Å². The number of hydrogen-bond donors (Lipinski definition) is 3. The van der Waals surface area contributed by atoms with Gasteiger partial charge in [-0.25, -0.2) is 8.78 Å². The normalized spacial score (nSPS) is 24.3. The number of ether oxygens (including phenoxy) is 2. The average Bonchev–Trinajstić information content (AvgIpc) is 3.33. The SMILES string of the molecule is COc1ccc2c(c1)[C@@H]1C[C@H]2OCC=CCC[C@H](N(C)C(=O)CCCC(F)(F)F)C(=O)N[C@@H](Cc2cc(F)cc(F)c2)[C@H](O)CN1. The predicted octanol–water partition coefficient (Wildman–Crippen LogP) is 5.06. The number of fused-ring (bicyclic) bond motifs is 5. The molecule has 1 aliphatic heterocycles. The predicted molar refractivity (Wildman–Crippen MR) is 160 cm³/mol. The minimum Gasteiger partial charge on any atom is -0.497 e. The molecule has 2 amide bonds. The molecule has 3 N–H and O–H groups in total. The molecule has 8 nitrogen and oxygen atoms in total. The van der Waals surface area contributed by atoms with E-state index in [0.29, 0.717) is 24.7 Å². The number of likely N-dealkylation sites (N-methyl/N-ethyl adjacent to an activating group) is 1. The van der Waals surface area contributed by atoms with E-state index in [-0.39, 0.29) is 43.7 Å². The smallest absolute Gasteiger partial charge is 0.389 e. The third-order valence-electron chi connectivity index (χ3n) is 8.39. The van der Waals surface area contributed by atoms with Gasteiger partial charge < -0.3 is 30.1 Å². The van der Waals surface area contributed by atoms with E-state index in [4.69, 9.17) is 9.47 Å². The zero-order chi connectivity index (χ0) is 33.4. The molecule has 4 rings (SSSR count). The number of benzene rings is 2. The van der Waals surface area contributed by atoms with Crippen LogP contribution in [0.5, 0.6) is 5.75 Å². The monoisotopic (exact) mass is 653 g/mol. The van der Waals surface area contributed by atoms with Gasteiger partial charge in [0.05, 0.1) is 32.0 Å². The Morgan fingerprint density at radius 1 is 1.11 bits per heavy atom. The lowest BCUT2D eigenvalue weighted by molar-refractivity contribution is -0.144. The van der Waals surface area contributed by atoms with E-state index < -0.39 is 67.1 Å². The molecular weight excluding hydrogens is 613 g/mol. The summed E-state index contributed by atoms with van der Waals surface area (Å²) in [6.07, 6.45) is -3.35. The van der Waals surface area contributed by atoms with Gasteiger partial charge in [-0.3, -0.25) is 9.59 Å². The summed E-state index contributed by atoms with van der Waals surface area (Å²) < 4.78 is 77.7. The van der Waals surface area contributed by atoms with Gasteiger partial charge in [-0.05, 0) is 73.1 Å². The summed E-state index contributed by atoms with van der Waals surface area (Å²) in [5.74, 6) is -2.28. The van der Waals surface area contributed by atoms with Gasteiger partial charge in [0.2, 0.25) is 11.8 Å². The number of amides is 2. The topological polar surface area (TPSA) is 100 Å². The number of β-amino-alcohol motifs (C(OH)–C–C–N with tert-alkyl or cyclic N) is 1. The molecule has 0 spiro atoms. The van der Waals surface area contributed by atoms with Gasteiger partial charge in [0.25, 0.3) is 0 Å². The lowest BCUT2D eigenvalue weighted by Gasteiger charge is -2.31. The molecule has 0 aromatic heterocycles. The van der Waals surface area contributed by atoms with Crippen LogP contribution in [0.4, 0.5) is 22.0 Å². The van der Waals surface area contributed by atoms with Crippen molar-refractivity contribution in [2.45, 2.75) is 81.5 Å². The van der Waals surface area contributed by atoms with Crippen molar-refractivity contribution in [1.82, 2.24) is 15.5 Å². The van der Waals surface area contributed by atoms with Crippen molar-refractivity contribution in [3.63, 3.8) is 0 Å². The maximum Gasteiger partial charge on any atom is 0.389 e.